The van der Waals surface area contributed by atoms with Crippen molar-refractivity contribution in [2.24, 2.45) is 0 Å². The minimum atomic E-state index is -0.261. The van der Waals surface area contributed by atoms with E-state index < -0.39 is 0 Å². The monoisotopic (exact) mass is 615 g/mol. The maximum absolute atomic E-state index is 12.7. The zero-order valence-electron chi connectivity index (χ0n) is 23.7. The molecule has 2 N–H and O–H groups in total. The average molecular weight is 617 g/mol. The van der Waals surface area contributed by atoms with Crippen molar-refractivity contribution in [1.29, 1.82) is 0 Å². The predicted octanol–water partition coefficient (Wildman–Crippen LogP) is 6.12. The number of carbonyl (C=O) groups is 1. The number of rotatable bonds is 18. The minimum absolute atomic E-state index is 0. The second-order valence-electron chi connectivity index (χ2n) is 10.1. The van der Waals surface area contributed by atoms with Gasteiger partial charge in [-0.3, -0.25) is 0 Å². The first-order valence-corrected chi connectivity index (χ1v) is 15.4. The van der Waals surface area contributed by atoms with Gasteiger partial charge in [0.25, 0.3) is 0 Å². The number of amides is 2. The molecule has 2 aromatic carbocycles. The normalized spacial score (nSPS) is 10.6. The summed E-state index contributed by atoms with van der Waals surface area (Å²) < 4.78 is 8.13. The number of urea groups is 1. The molecule has 3 rings (SSSR count). The van der Waals surface area contributed by atoms with E-state index >= 15 is 0 Å². The second kappa shape index (κ2) is 19.6. The van der Waals surface area contributed by atoms with Crippen LogP contribution in [-0.2, 0) is 6.54 Å². The molecule has 0 spiro atoms. The van der Waals surface area contributed by atoms with Gasteiger partial charge in [-0.15, -0.1) is 0 Å². The van der Waals surface area contributed by atoms with Crippen LogP contribution < -0.4 is 36.9 Å². The number of aromatic nitrogens is 1. The van der Waals surface area contributed by atoms with Crippen LogP contribution in [0.5, 0.6) is 5.75 Å². The van der Waals surface area contributed by atoms with E-state index in [0.29, 0.717) is 13.2 Å². The fraction of sp³-hybridized carbons (Fsp3) is 0.500. The maximum Gasteiger partial charge on any atom is 0.323 e. The van der Waals surface area contributed by atoms with Gasteiger partial charge in [-0.1, -0.05) is 113 Å². The van der Waals surface area contributed by atoms with Crippen LogP contribution in [0.25, 0.3) is 0 Å². The van der Waals surface area contributed by atoms with Crippen molar-refractivity contribution in [3.05, 3.63) is 70.7 Å². The predicted molar refractivity (Wildman–Crippen MR) is 160 cm³/mol. The largest absolute Gasteiger partial charge is 1.00 e. The summed E-state index contributed by atoms with van der Waals surface area (Å²) in [5.41, 5.74) is 5.88. The number of thiazole rings is 1. The van der Waals surface area contributed by atoms with Crippen molar-refractivity contribution in [2.75, 3.05) is 17.2 Å². The molecule has 0 aliphatic rings. The first-order chi connectivity index (χ1) is 18.7. The first kappa shape index (κ1) is 32.8. The highest BCUT2D eigenvalue weighted by atomic mass is 79.9. The molecule has 3 aromatic rings. The summed E-state index contributed by atoms with van der Waals surface area (Å²) in [6.45, 7) is 5.79. The molecule has 7 heteroatoms. The van der Waals surface area contributed by atoms with Gasteiger partial charge in [-0.05, 0) is 24.6 Å². The lowest BCUT2D eigenvalue weighted by Gasteiger charge is -2.12. The number of para-hydroxylation sites is 1. The molecule has 0 saturated heterocycles. The maximum atomic E-state index is 12.7. The van der Waals surface area contributed by atoms with Gasteiger partial charge in [0.05, 0.1) is 17.7 Å². The third-order valence-electron chi connectivity index (χ3n) is 6.84. The van der Waals surface area contributed by atoms with Crippen molar-refractivity contribution in [3.63, 3.8) is 0 Å². The summed E-state index contributed by atoms with van der Waals surface area (Å²) in [7, 11) is 0. The molecule has 0 atom stereocenters. The Morgan fingerprint density at radius 2 is 1.51 bits per heavy atom. The van der Waals surface area contributed by atoms with E-state index in [1.54, 1.807) is 11.3 Å². The van der Waals surface area contributed by atoms with Gasteiger partial charge in [-0.2, -0.15) is 4.57 Å². The van der Waals surface area contributed by atoms with Crippen LogP contribution in [0, 0.1) is 6.92 Å². The summed E-state index contributed by atoms with van der Waals surface area (Å²) >= 11 is 1.67. The SMILES string of the molecule is CCCCCCCCCCCCCCOc1cccc(NC(=O)Nc2ccccc2C[n+]2cscc2C)c1.[Br-]. The van der Waals surface area contributed by atoms with Gasteiger partial charge in [0.2, 0.25) is 5.51 Å². The third kappa shape index (κ3) is 13.0. The molecule has 0 aliphatic heterocycles. The summed E-state index contributed by atoms with van der Waals surface area (Å²) in [5, 5.41) is 8.07. The van der Waals surface area contributed by atoms with Crippen molar-refractivity contribution in [3.8, 4) is 5.75 Å². The number of benzene rings is 2. The van der Waals surface area contributed by atoms with Crippen LogP contribution in [0.3, 0.4) is 0 Å². The van der Waals surface area contributed by atoms with E-state index in [1.165, 1.54) is 76.3 Å². The molecular weight excluding hydrogens is 570 g/mol. The standard InChI is InChI=1S/C32H45N3O2S.BrH/c1-3-4-5-6-7-8-9-10-11-12-13-16-22-37-30-20-17-19-29(23-30)33-32(36)34-31-21-15-14-18-28(31)24-35-26-38-25-27(35)2;/h14-15,17-21,23,25-26H,3-13,16,22,24H2,1-2H3,(H-,33,34,36);1H. The van der Waals surface area contributed by atoms with Crippen LogP contribution in [0.4, 0.5) is 16.2 Å². The second-order valence-corrected chi connectivity index (χ2v) is 10.8. The lowest BCUT2D eigenvalue weighted by Crippen LogP contribution is -3.00. The van der Waals surface area contributed by atoms with Gasteiger partial charge < -0.3 is 32.4 Å². The molecular formula is C32H46BrN3O2S. The number of anilines is 2. The Labute approximate surface area is 250 Å². The average Bonchev–Trinajstić information content (AvgIpc) is 3.32. The van der Waals surface area contributed by atoms with Crippen LogP contribution in [-0.4, -0.2) is 12.6 Å². The van der Waals surface area contributed by atoms with E-state index in [2.05, 4.69) is 39.9 Å². The number of nitrogens with one attached hydrogen (secondary N) is 2. The fourth-order valence-corrected chi connectivity index (χ4v) is 5.34. The van der Waals surface area contributed by atoms with Gasteiger partial charge >= 0.3 is 6.03 Å². The van der Waals surface area contributed by atoms with Gasteiger partial charge in [0.1, 0.15) is 5.75 Å². The first-order valence-electron chi connectivity index (χ1n) is 14.5. The topological polar surface area (TPSA) is 54.2 Å². The zero-order valence-corrected chi connectivity index (χ0v) is 26.1. The van der Waals surface area contributed by atoms with Crippen LogP contribution >= 0.6 is 11.3 Å². The molecule has 0 saturated carbocycles. The molecule has 0 bridgehead atoms. The van der Waals surface area contributed by atoms with E-state index in [-0.39, 0.29) is 23.0 Å². The Morgan fingerprint density at radius 1 is 0.846 bits per heavy atom. The van der Waals surface area contributed by atoms with E-state index in [4.69, 9.17) is 4.74 Å². The van der Waals surface area contributed by atoms with Crippen molar-refractivity contribution >= 4 is 28.7 Å². The minimum Gasteiger partial charge on any atom is -1.00 e. The quantitative estimate of drug-likeness (QED) is 0.134. The smallest absolute Gasteiger partial charge is 0.323 e. The lowest BCUT2D eigenvalue weighted by molar-refractivity contribution is -0.689. The highest BCUT2D eigenvalue weighted by molar-refractivity contribution is 7.07. The molecule has 1 heterocycles. The highest BCUT2D eigenvalue weighted by Crippen LogP contribution is 2.20. The molecule has 2 amide bonds. The van der Waals surface area contributed by atoms with E-state index in [1.807, 2.05) is 48.5 Å². The molecule has 0 radical (unpaired) electrons. The van der Waals surface area contributed by atoms with Gasteiger partial charge in [0.15, 0.2) is 12.2 Å². The van der Waals surface area contributed by atoms with Crippen LogP contribution in [0.1, 0.15) is 95.2 Å². The lowest BCUT2D eigenvalue weighted by atomic mass is 10.1. The number of carbonyl (C=O) groups excluding carboxylic acids is 1. The summed E-state index contributed by atoms with van der Waals surface area (Å²) in [4.78, 5) is 12.7. The molecule has 39 heavy (non-hydrogen) atoms. The zero-order chi connectivity index (χ0) is 26.8. The Balaban J connectivity index is 0.00000533. The van der Waals surface area contributed by atoms with E-state index in [9.17, 15) is 4.79 Å². The number of ether oxygens (including phenoxy) is 1. The highest BCUT2D eigenvalue weighted by Gasteiger charge is 2.13. The molecule has 5 nitrogen and oxygen atoms in total. The third-order valence-corrected chi connectivity index (χ3v) is 7.70. The summed E-state index contributed by atoms with van der Waals surface area (Å²) in [6, 6.07) is 15.3. The van der Waals surface area contributed by atoms with Crippen molar-refractivity contribution < 1.29 is 31.1 Å². The Hall–Kier alpha value is -2.38. The Bertz CT molecular complexity index is 1090. The van der Waals surface area contributed by atoms with Crippen LogP contribution in [0.2, 0.25) is 0 Å². The number of aryl methyl sites for hydroxylation is 1. The van der Waals surface area contributed by atoms with Gasteiger partial charge in [0, 0.05) is 24.2 Å². The Morgan fingerprint density at radius 3 is 2.18 bits per heavy atom. The molecule has 0 unspecified atom stereocenters. The van der Waals surface area contributed by atoms with Crippen molar-refractivity contribution in [2.45, 2.75) is 97.4 Å². The summed E-state index contributed by atoms with van der Waals surface area (Å²) in [5.74, 6) is 0.788. The van der Waals surface area contributed by atoms with Crippen LogP contribution in [0.15, 0.2) is 59.4 Å². The number of hydrogen-bond donors (Lipinski definition) is 2. The number of nitrogens with zero attached hydrogens (tertiary/aromatic N) is 1. The fourth-order valence-electron chi connectivity index (χ4n) is 4.56. The summed E-state index contributed by atoms with van der Waals surface area (Å²) in [6.07, 6.45) is 16.0. The molecule has 0 fully saturated rings. The molecule has 0 aliphatic carbocycles. The van der Waals surface area contributed by atoms with E-state index in [0.717, 1.165) is 29.1 Å². The van der Waals surface area contributed by atoms with Gasteiger partial charge in [-0.25, -0.2) is 4.79 Å². The molecule has 214 valence electrons. The number of hydrogen-bond acceptors (Lipinski definition) is 3. The number of halogens is 1. The Kier molecular flexibility index (Phi) is 16.5. The molecule has 1 aromatic heterocycles. The van der Waals surface area contributed by atoms with Crippen molar-refractivity contribution in [1.82, 2.24) is 0 Å². The number of unbranched alkanes of at least 4 members (excludes halogenated alkanes) is 11.